The second kappa shape index (κ2) is 13.2. The van der Waals surface area contributed by atoms with E-state index in [0.29, 0.717) is 38.2 Å². The Hall–Kier alpha value is -5.66. The number of carbonyl (C=O) groups is 2. The topological polar surface area (TPSA) is 243 Å². The summed E-state index contributed by atoms with van der Waals surface area (Å²) in [5.74, 6) is -0.0309. The summed E-state index contributed by atoms with van der Waals surface area (Å²) < 4.78 is 3.04. The van der Waals surface area contributed by atoms with Crippen LogP contribution >= 0.6 is 39.1 Å². The lowest BCUT2D eigenvalue weighted by atomic mass is 10.2. The van der Waals surface area contributed by atoms with E-state index >= 15 is 0 Å². The van der Waals surface area contributed by atoms with Crippen LogP contribution in [-0.4, -0.2) is 61.3 Å². The molecule has 0 bridgehead atoms. The normalized spacial score (nSPS) is 14.7. The van der Waals surface area contributed by atoms with E-state index in [1.807, 2.05) is 0 Å². The molecule has 0 unspecified atom stereocenters. The van der Waals surface area contributed by atoms with Gasteiger partial charge in [-0.05, 0) is 67.9 Å². The number of rotatable bonds is 2. The van der Waals surface area contributed by atoms with Crippen molar-refractivity contribution in [3.63, 3.8) is 0 Å². The first-order valence-corrected chi connectivity index (χ1v) is 16.3. The SMILES string of the molecule is CC1(C)NC(=O)c2c(Cl)cc(Br)c(=O)n21.CC1(C)NC(=O)c2c(Cl)cc(Nc3ncnc4ccnnc34)c(=O)n21.Nc1ncnc2ccnnc12. The van der Waals surface area contributed by atoms with E-state index in [-0.39, 0.29) is 38.6 Å². The molecule has 21 heteroatoms. The van der Waals surface area contributed by atoms with Crippen molar-refractivity contribution in [2.24, 2.45) is 0 Å². The molecule has 2 aliphatic rings. The number of nitrogens with two attached hydrogens (primary N) is 1. The van der Waals surface area contributed by atoms with Crippen LogP contribution in [0.5, 0.6) is 0 Å². The van der Waals surface area contributed by atoms with E-state index in [1.54, 1.807) is 46.0 Å². The number of aromatic nitrogens is 10. The number of carbonyl (C=O) groups excluding carboxylic acids is 2. The summed E-state index contributed by atoms with van der Waals surface area (Å²) in [6.45, 7) is 6.92. The van der Waals surface area contributed by atoms with Crippen molar-refractivity contribution in [1.29, 1.82) is 0 Å². The Kier molecular flexibility index (Phi) is 9.13. The molecule has 8 heterocycles. The molecule has 0 saturated carbocycles. The molecule has 18 nitrogen and oxygen atoms in total. The molecule has 51 heavy (non-hydrogen) atoms. The number of pyridine rings is 2. The van der Waals surface area contributed by atoms with Gasteiger partial charge in [0.1, 0.15) is 41.1 Å². The highest BCUT2D eigenvalue weighted by Gasteiger charge is 2.39. The van der Waals surface area contributed by atoms with Crippen molar-refractivity contribution < 1.29 is 9.59 Å². The number of nitrogens with one attached hydrogen (secondary N) is 3. The van der Waals surface area contributed by atoms with Gasteiger partial charge in [0.25, 0.3) is 22.9 Å². The van der Waals surface area contributed by atoms with E-state index in [4.69, 9.17) is 28.9 Å². The fourth-order valence-corrected chi connectivity index (χ4v) is 6.45. The molecule has 0 fully saturated rings. The zero-order chi connectivity index (χ0) is 36.8. The number of hydrogen-bond donors (Lipinski definition) is 4. The van der Waals surface area contributed by atoms with Gasteiger partial charge in [0.05, 0.1) is 37.9 Å². The van der Waals surface area contributed by atoms with Gasteiger partial charge in [0.2, 0.25) is 0 Å². The number of amides is 2. The summed E-state index contributed by atoms with van der Waals surface area (Å²) in [7, 11) is 0. The Morgan fingerprint density at radius 3 is 1.84 bits per heavy atom. The molecule has 0 radical (unpaired) electrons. The molecule has 2 aliphatic heterocycles. The summed E-state index contributed by atoms with van der Waals surface area (Å²) in [5, 5.41) is 24.0. The minimum Gasteiger partial charge on any atom is -0.382 e. The van der Waals surface area contributed by atoms with Crippen LogP contribution < -0.4 is 32.8 Å². The number of nitrogen functional groups attached to an aromatic ring is 1. The summed E-state index contributed by atoms with van der Waals surface area (Å²) >= 11 is 15.3. The van der Waals surface area contributed by atoms with E-state index in [2.05, 4.69) is 72.2 Å². The number of fused-ring (bicyclic) bond motifs is 4. The van der Waals surface area contributed by atoms with Gasteiger partial charge in [-0.2, -0.15) is 10.2 Å². The van der Waals surface area contributed by atoms with Crippen LogP contribution in [0.3, 0.4) is 0 Å². The van der Waals surface area contributed by atoms with Crippen LogP contribution in [0, 0.1) is 0 Å². The van der Waals surface area contributed by atoms with Gasteiger partial charge in [0, 0.05) is 0 Å². The van der Waals surface area contributed by atoms with Gasteiger partial charge in [-0.3, -0.25) is 28.3 Å². The van der Waals surface area contributed by atoms with Crippen LogP contribution in [0.2, 0.25) is 10.0 Å². The molecule has 0 spiro atoms. The maximum atomic E-state index is 12.9. The van der Waals surface area contributed by atoms with Crippen LogP contribution in [0.15, 0.2) is 63.4 Å². The van der Waals surface area contributed by atoms with Crippen molar-refractivity contribution in [3.05, 3.63) is 95.9 Å². The molecule has 5 N–H and O–H groups in total. The molecule has 6 aromatic rings. The highest BCUT2D eigenvalue weighted by Crippen LogP contribution is 2.30. The Balaban J connectivity index is 0.000000146. The molecule has 0 aromatic carbocycles. The number of nitrogens with zero attached hydrogens (tertiary/aromatic N) is 10. The third-order valence-corrected chi connectivity index (χ3v) is 8.69. The maximum absolute atomic E-state index is 12.9. The lowest BCUT2D eigenvalue weighted by molar-refractivity contribution is 0.0925. The molecule has 8 rings (SSSR count). The van der Waals surface area contributed by atoms with Gasteiger partial charge < -0.3 is 21.7 Å². The third-order valence-electron chi connectivity index (χ3n) is 7.55. The molecule has 0 saturated heterocycles. The summed E-state index contributed by atoms with van der Waals surface area (Å²) in [4.78, 5) is 64.3. The minimum absolute atomic E-state index is 0.134. The van der Waals surface area contributed by atoms with Crippen molar-refractivity contribution in [2.45, 2.75) is 39.0 Å². The number of hydrogen-bond acceptors (Lipinski definition) is 14. The van der Waals surface area contributed by atoms with Crippen molar-refractivity contribution >= 4 is 90.3 Å². The Labute approximate surface area is 305 Å². The monoisotopic (exact) mass is 794 g/mol. The van der Waals surface area contributed by atoms with Crippen LogP contribution in [0.4, 0.5) is 17.3 Å². The smallest absolute Gasteiger partial charge is 0.276 e. The quantitative estimate of drug-likeness (QED) is 0.197. The van der Waals surface area contributed by atoms with E-state index in [1.165, 1.54) is 40.1 Å². The number of halogens is 3. The maximum Gasteiger partial charge on any atom is 0.276 e. The van der Waals surface area contributed by atoms with Gasteiger partial charge in [-0.1, -0.05) is 23.2 Å². The zero-order valence-electron chi connectivity index (χ0n) is 26.9. The number of anilines is 3. The average molecular weight is 796 g/mol. The molecular weight excluding hydrogens is 771 g/mol. The largest absolute Gasteiger partial charge is 0.382 e. The predicted molar refractivity (Wildman–Crippen MR) is 191 cm³/mol. The minimum atomic E-state index is -0.891. The molecule has 260 valence electrons. The highest BCUT2D eigenvalue weighted by molar-refractivity contribution is 9.10. The van der Waals surface area contributed by atoms with Crippen LogP contribution in [-0.2, 0) is 11.3 Å². The molecule has 2 amide bonds. The van der Waals surface area contributed by atoms with Crippen molar-refractivity contribution in [1.82, 2.24) is 60.1 Å². The Morgan fingerprint density at radius 1 is 0.745 bits per heavy atom. The molecule has 0 aliphatic carbocycles. The van der Waals surface area contributed by atoms with Gasteiger partial charge in [0.15, 0.2) is 22.7 Å². The average Bonchev–Trinajstić information content (AvgIpc) is 3.49. The van der Waals surface area contributed by atoms with Crippen molar-refractivity contribution in [2.75, 3.05) is 11.1 Å². The van der Waals surface area contributed by atoms with Crippen molar-refractivity contribution in [3.8, 4) is 0 Å². The Morgan fingerprint density at radius 2 is 1.25 bits per heavy atom. The van der Waals surface area contributed by atoms with Gasteiger partial charge >= 0.3 is 0 Å². The first-order chi connectivity index (χ1) is 24.1. The van der Waals surface area contributed by atoms with Gasteiger partial charge in [-0.15, -0.1) is 10.2 Å². The Bertz CT molecular complexity index is 2510. The first kappa shape index (κ1) is 35.2. The van der Waals surface area contributed by atoms with Crippen LogP contribution in [0.25, 0.3) is 22.1 Å². The summed E-state index contributed by atoms with van der Waals surface area (Å²) in [6, 6.07) is 6.27. The van der Waals surface area contributed by atoms with E-state index in [9.17, 15) is 19.2 Å². The highest BCUT2D eigenvalue weighted by atomic mass is 79.9. The fraction of sp³-hybridized carbons (Fsp3) is 0.200. The standard InChI is InChI=1S/C15H12ClN7O2.C9H8BrClN2O2.C6H5N5/c1-15(2)21-13(24)11-7(16)5-9(14(25)23(11)15)20-12-10-8(17-6-18-12)3-4-19-22-10;1-9(2)12-7(14)6-5(11)3-4(10)8(15)13(6)9;7-6-5-4(8-3-9-6)1-2-10-11-5/h3-6H,1-2H3,(H,21,24)(H,17,18,20);3H,1-2H3,(H,12,14);1-3H,(H2,7,8,9). The predicted octanol–water partition coefficient (Wildman–Crippen LogP) is 3.12. The van der Waals surface area contributed by atoms with Gasteiger partial charge in [-0.25, -0.2) is 19.9 Å². The lowest BCUT2D eigenvalue weighted by Gasteiger charge is -2.22. The first-order valence-electron chi connectivity index (χ1n) is 14.7. The van der Waals surface area contributed by atoms with E-state index in [0.717, 1.165) is 0 Å². The third kappa shape index (κ3) is 6.53. The summed E-state index contributed by atoms with van der Waals surface area (Å²) in [6.07, 6.45) is 5.84. The second-order valence-electron chi connectivity index (χ2n) is 11.9. The van der Waals surface area contributed by atoms with E-state index < -0.39 is 22.8 Å². The zero-order valence-corrected chi connectivity index (χ0v) is 30.0. The second-order valence-corrected chi connectivity index (χ2v) is 13.6. The molecule has 0 atom stereocenters. The lowest BCUT2D eigenvalue weighted by Crippen LogP contribution is -2.42. The molecular formula is C30H25BrCl2N14O4. The summed E-state index contributed by atoms with van der Waals surface area (Å²) in [5.41, 5.74) is 5.99. The molecule has 6 aromatic heterocycles. The van der Waals surface area contributed by atoms with Crippen LogP contribution in [0.1, 0.15) is 48.7 Å². The fourth-order valence-electron chi connectivity index (χ4n) is 5.36.